The summed E-state index contributed by atoms with van der Waals surface area (Å²) in [4.78, 5) is 15.9. The Hall–Kier alpha value is -3.52. The maximum Gasteiger partial charge on any atom is 0.221 e. The van der Waals surface area contributed by atoms with E-state index in [4.69, 9.17) is 17.0 Å². The van der Waals surface area contributed by atoms with E-state index in [1.54, 1.807) is 6.21 Å². The minimum Gasteiger partial charge on any atom is -0.356 e. The van der Waals surface area contributed by atoms with E-state index < -0.39 is 0 Å². The molecule has 0 radical (unpaired) electrons. The van der Waals surface area contributed by atoms with Gasteiger partial charge in [-0.1, -0.05) is 23.7 Å². The zero-order valence-electron chi connectivity index (χ0n) is 18.7. The lowest BCUT2D eigenvalue weighted by molar-refractivity contribution is -0.120. The van der Waals surface area contributed by atoms with Gasteiger partial charge in [0.1, 0.15) is 5.82 Å². The maximum absolute atomic E-state index is 11.6. The van der Waals surface area contributed by atoms with Crippen LogP contribution in [0.5, 0.6) is 0 Å². The molecule has 0 saturated carbocycles. The first-order valence-corrected chi connectivity index (χ1v) is 11.3. The van der Waals surface area contributed by atoms with Gasteiger partial charge in [-0.3, -0.25) is 14.2 Å². The Bertz CT molecular complexity index is 1350. The molecule has 4 aromatic rings. The van der Waals surface area contributed by atoms with Crippen LogP contribution in [0.2, 0.25) is 5.02 Å². The number of pyridine rings is 1. The molecule has 1 amide bonds. The summed E-state index contributed by atoms with van der Waals surface area (Å²) in [7, 11) is 0. The quantitative estimate of drug-likeness (QED) is 0.366. The molecule has 9 heteroatoms. The van der Waals surface area contributed by atoms with Crippen molar-refractivity contribution in [1.82, 2.24) is 24.5 Å². The van der Waals surface area contributed by atoms with Crippen molar-refractivity contribution >= 4 is 46.1 Å². The van der Waals surface area contributed by atoms with Crippen molar-refractivity contribution in [3.63, 3.8) is 0 Å². The molecule has 33 heavy (non-hydrogen) atoms. The molecular formula is C24H26ClN7O. The van der Waals surface area contributed by atoms with Gasteiger partial charge >= 0.3 is 0 Å². The monoisotopic (exact) mass is 463 g/mol. The van der Waals surface area contributed by atoms with Crippen molar-refractivity contribution in [2.24, 2.45) is 4.99 Å². The average Bonchev–Trinajstić information content (AvgIpc) is 3.34. The summed E-state index contributed by atoms with van der Waals surface area (Å²) < 4.78 is 4.12. The molecule has 0 bridgehead atoms. The first kappa shape index (κ1) is 22.7. The fourth-order valence-electron chi connectivity index (χ4n) is 3.88. The van der Waals surface area contributed by atoms with E-state index in [1.165, 1.54) is 0 Å². The molecule has 0 spiro atoms. The van der Waals surface area contributed by atoms with Crippen molar-refractivity contribution in [2.45, 2.75) is 33.2 Å². The number of rotatable bonds is 9. The molecule has 3 aromatic heterocycles. The van der Waals surface area contributed by atoms with E-state index >= 15 is 0 Å². The normalized spacial score (nSPS) is 11.6. The number of amides is 1. The molecule has 1 aromatic carbocycles. The number of aromatic nitrogens is 4. The number of fused-ring (bicyclic) bond motifs is 3. The lowest BCUT2D eigenvalue weighted by Crippen LogP contribution is -2.22. The topological polar surface area (TPSA) is 100 Å². The Kier molecular flexibility index (Phi) is 6.84. The Balaban J connectivity index is 1.65. The van der Waals surface area contributed by atoms with Crippen LogP contribution in [-0.2, 0) is 11.3 Å². The van der Waals surface area contributed by atoms with Crippen molar-refractivity contribution in [2.75, 3.05) is 13.1 Å². The fourth-order valence-corrected chi connectivity index (χ4v) is 4.10. The van der Waals surface area contributed by atoms with Crippen molar-refractivity contribution in [3.05, 3.63) is 64.6 Å². The molecule has 2 N–H and O–H groups in total. The van der Waals surface area contributed by atoms with Crippen LogP contribution in [0.25, 0.3) is 16.7 Å². The predicted molar refractivity (Wildman–Crippen MR) is 132 cm³/mol. The average molecular weight is 464 g/mol. The van der Waals surface area contributed by atoms with E-state index in [0.29, 0.717) is 43.2 Å². The minimum absolute atomic E-state index is 0.0142. The first-order valence-electron chi connectivity index (χ1n) is 10.9. The third-order valence-corrected chi connectivity index (χ3v) is 5.64. The van der Waals surface area contributed by atoms with E-state index in [9.17, 15) is 4.79 Å². The van der Waals surface area contributed by atoms with Crippen LogP contribution in [0.4, 0.5) is 0 Å². The molecule has 0 atom stereocenters. The SMILES string of the molecule is CCNC(=O)CCN=CCC(=N)c1cc2c(ccc3nnc(C)n32)n1Cc1cccc(Cl)c1. The molecule has 0 saturated heterocycles. The Labute approximate surface area is 196 Å². The highest BCUT2D eigenvalue weighted by molar-refractivity contribution is 6.30. The van der Waals surface area contributed by atoms with E-state index in [0.717, 1.165) is 33.8 Å². The van der Waals surface area contributed by atoms with Gasteiger partial charge in [-0.15, -0.1) is 10.2 Å². The second-order valence-corrected chi connectivity index (χ2v) is 8.20. The fraction of sp³-hybridized carbons (Fsp3) is 0.292. The molecule has 0 fully saturated rings. The van der Waals surface area contributed by atoms with Crippen molar-refractivity contribution < 1.29 is 4.79 Å². The van der Waals surface area contributed by atoms with Gasteiger partial charge in [0, 0.05) is 43.7 Å². The van der Waals surface area contributed by atoms with Gasteiger partial charge in [0.2, 0.25) is 5.91 Å². The van der Waals surface area contributed by atoms with Crippen LogP contribution in [0.15, 0.2) is 47.5 Å². The second-order valence-electron chi connectivity index (χ2n) is 7.77. The molecule has 0 aliphatic carbocycles. The molecule has 0 aliphatic rings. The predicted octanol–water partition coefficient (Wildman–Crippen LogP) is 4.05. The Morgan fingerprint density at radius 2 is 2.06 bits per heavy atom. The number of aliphatic imine (C=N–C) groups is 1. The molecule has 170 valence electrons. The summed E-state index contributed by atoms with van der Waals surface area (Å²) in [5.74, 6) is 0.778. The van der Waals surface area contributed by atoms with Crippen LogP contribution >= 0.6 is 11.6 Å². The van der Waals surface area contributed by atoms with Crippen molar-refractivity contribution in [1.29, 1.82) is 5.41 Å². The number of carbonyl (C=O) groups excluding carboxylic acids is 1. The summed E-state index contributed by atoms with van der Waals surface area (Å²) in [6.45, 7) is 5.40. The van der Waals surface area contributed by atoms with Gasteiger partial charge in [-0.25, -0.2) is 0 Å². The molecule has 4 rings (SSSR count). The highest BCUT2D eigenvalue weighted by Crippen LogP contribution is 2.25. The second kappa shape index (κ2) is 9.95. The Morgan fingerprint density at radius 1 is 1.21 bits per heavy atom. The number of benzene rings is 1. The third-order valence-electron chi connectivity index (χ3n) is 5.40. The number of nitrogens with one attached hydrogen (secondary N) is 2. The van der Waals surface area contributed by atoms with Crippen LogP contribution in [0.3, 0.4) is 0 Å². The number of aryl methyl sites for hydroxylation is 1. The summed E-state index contributed by atoms with van der Waals surface area (Å²) in [5, 5.41) is 20.6. The smallest absolute Gasteiger partial charge is 0.221 e. The van der Waals surface area contributed by atoms with Gasteiger partial charge in [0.25, 0.3) is 0 Å². The number of hydrogen-bond acceptors (Lipinski definition) is 5. The van der Waals surface area contributed by atoms with Gasteiger partial charge in [0.05, 0.1) is 22.4 Å². The summed E-state index contributed by atoms with van der Waals surface area (Å²) in [6, 6.07) is 13.7. The standard InChI is InChI=1S/C24H26ClN7O/c1-3-28-24(33)10-12-27-11-9-19(26)21-14-22-20(7-8-23-30-29-16(2)32(22)23)31(21)15-17-5-4-6-18(25)13-17/h4-8,11,13-14,26H,3,9-10,12,15H2,1-2H3,(H,28,33). The van der Waals surface area contributed by atoms with E-state index in [2.05, 4.69) is 25.1 Å². The summed E-state index contributed by atoms with van der Waals surface area (Å²) in [6.07, 6.45) is 2.42. The van der Waals surface area contributed by atoms with Gasteiger partial charge in [-0.2, -0.15) is 0 Å². The van der Waals surface area contributed by atoms with Crippen molar-refractivity contribution in [3.8, 4) is 0 Å². The largest absolute Gasteiger partial charge is 0.356 e. The lowest BCUT2D eigenvalue weighted by Gasteiger charge is -2.12. The third kappa shape index (κ3) is 4.96. The highest BCUT2D eigenvalue weighted by Gasteiger charge is 2.17. The molecule has 0 unspecified atom stereocenters. The van der Waals surface area contributed by atoms with Crippen LogP contribution in [0, 0.1) is 12.3 Å². The summed E-state index contributed by atoms with van der Waals surface area (Å²) in [5.41, 5.74) is 4.98. The van der Waals surface area contributed by atoms with E-state index in [1.807, 2.05) is 60.7 Å². The van der Waals surface area contributed by atoms with Gasteiger partial charge in [0.15, 0.2) is 5.65 Å². The summed E-state index contributed by atoms with van der Waals surface area (Å²) >= 11 is 6.21. The van der Waals surface area contributed by atoms with Crippen LogP contribution in [-0.4, -0.2) is 50.1 Å². The van der Waals surface area contributed by atoms with E-state index in [-0.39, 0.29) is 5.91 Å². The zero-order chi connectivity index (χ0) is 23.4. The molecule has 0 aliphatic heterocycles. The molecular weight excluding hydrogens is 438 g/mol. The number of halogens is 1. The number of carbonyl (C=O) groups is 1. The maximum atomic E-state index is 11.6. The number of nitrogens with zero attached hydrogens (tertiary/aromatic N) is 5. The Morgan fingerprint density at radius 3 is 2.85 bits per heavy atom. The van der Waals surface area contributed by atoms with Crippen LogP contribution in [0.1, 0.15) is 36.8 Å². The van der Waals surface area contributed by atoms with Crippen LogP contribution < -0.4 is 5.32 Å². The van der Waals surface area contributed by atoms with Gasteiger partial charge in [-0.05, 0) is 49.7 Å². The zero-order valence-corrected chi connectivity index (χ0v) is 19.4. The first-order chi connectivity index (χ1) is 16.0. The van der Waals surface area contributed by atoms with Gasteiger partial charge < -0.3 is 15.3 Å². The molecule has 3 heterocycles. The lowest BCUT2D eigenvalue weighted by atomic mass is 10.2. The number of hydrogen-bond donors (Lipinski definition) is 2. The highest BCUT2D eigenvalue weighted by atomic mass is 35.5. The minimum atomic E-state index is -0.0142. The molecule has 8 nitrogen and oxygen atoms in total.